The van der Waals surface area contributed by atoms with Crippen molar-refractivity contribution in [2.24, 2.45) is 12.0 Å². The Labute approximate surface area is 171 Å². The van der Waals surface area contributed by atoms with Gasteiger partial charge < -0.3 is 15.2 Å². The molecule has 2 aromatic rings. The zero-order chi connectivity index (χ0) is 19.9. The second kappa shape index (κ2) is 9.88. The van der Waals surface area contributed by atoms with Gasteiger partial charge in [0.2, 0.25) is 0 Å². The van der Waals surface area contributed by atoms with Crippen LogP contribution in [-0.4, -0.2) is 33.8 Å². The Morgan fingerprint density at radius 2 is 1.96 bits per heavy atom. The second-order valence-electron chi connectivity index (χ2n) is 7.38. The predicted octanol–water partition coefficient (Wildman–Crippen LogP) is 3.70. The summed E-state index contributed by atoms with van der Waals surface area (Å²) in [6.45, 7) is 10.8. The molecule has 0 aliphatic carbocycles. The second-order valence-corrected chi connectivity index (χ2v) is 8.24. The third-order valence-electron chi connectivity index (χ3n) is 4.68. The minimum Gasteiger partial charge on any atom is -0.356 e. The van der Waals surface area contributed by atoms with E-state index in [9.17, 15) is 0 Å². The number of hydrogen-bond acceptors (Lipinski definition) is 3. The summed E-state index contributed by atoms with van der Waals surface area (Å²) in [5.74, 6) is 2.56. The molecule has 1 aromatic heterocycles. The number of aromatic nitrogens is 3. The average Bonchev–Trinajstić information content (AvgIpc) is 2.96. The number of benzene rings is 1. The molecule has 0 radical (unpaired) electrons. The van der Waals surface area contributed by atoms with Crippen LogP contribution in [0.2, 0.25) is 0 Å². The molecule has 7 heteroatoms. The van der Waals surface area contributed by atoms with Gasteiger partial charge in [0.15, 0.2) is 11.8 Å². The van der Waals surface area contributed by atoms with E-state index in [1.165, 1.54) is 5.56 Å². The molecule has 1 aromatic carbocycles. The maximum absolute atomic E-state index is 4.72. The molecule has 0 aliphatic heterocycles. The van der Waals surface area contributed by atoms with Crippen molar-refractivity contribution in [3.8, 4) is 0 Å². The minimum absolute atomic E-state index is 0.0470. The average molecular weight is 435 g/mol. The highest BCUT2D eigenvalue weighted by Crippen LogP contribution is 2.29. The van der Waals surface area contributed by atoms with E-state index in [-0.39, 0.29) is 5.41 Å². The molecule has 0 saturated heterocycles. The molecule has 0 unspecified atom stereocenters. The highest BCUT2D eigenvalue weighted by atomic mass is 79.9. The van der Waals surface area contributed by atoms with Crippen LogP contribution in [0.15, 0.2) is 33.7 Å². The number of aliphatic imine (C=N–C) groups is 1. The van der Waals surface area contributed by atoms with Gasteiger partial charge in [0.1, 0.15) is 12.4 Å². The Morgan fingerprint density at radius 3 is 2.59 bits per heavy atom. The third-order valence-corrected chi connectivity index (χ3v) is 5.38. The van der Waals surface area contributed by atoms with Crippen LogP contribution in [0.4, 0.5) is 0 Å². The van der Waals surface area contributed by atoms with E-state index in [4.69, 9.17) is 4.99 Å². The topological polar surface area (TPSA) is 67.1 Å². The Kier molecular flexibility index (Phi) is 7.83. The largest absolute Gasteiger partial charge is 0.356 e. The number of hydrogen-bond donors (Lipinski definition) is 2. The SMILES string of the molecule is CCCCNC(=NCc1nnc(C)n1C)NCC(C)(C)c1ccccc1Br. The lowest BCUT2D eigenvalue weighted by atomic mass is 9.84. The van der Waals surface area contributed by atoms with Gasteiger partial charge in [0, 0.05) is 30.0 Å². The fraction of sp³-hybridized carbons (Fsp3) is 0.550. The highest BCUT2D eigenvalue weighted by Gasteiger charge is 2.23. The lowest BCUT2D eigenvalue weighted by molar-refractivity contribution is 0.505. The Morgan fingerprint density at radius 1 is 1.22 bits per heavy atom. The van der Waals surface area contributed by atoms with Crippen molar-refractivity contribution in [1.82, 2.24) is 25.4 Å². The summed E-state index contributed by atoms with van der Waals surface area (Å²) < 4.78 is 3.10. The van der Waals surface area contributed by atoms with Gasteiger partial charge in [0.25, 0.3) is 0 Å². The van der Waals surface area contributed by atoms with Crippen LogP contribution in [0.25, 0.3) is 0 Å². The first-order valence-electron chi connectivity index (χ1n) is 9.47. The first kappa shape index (κ1) is 21.4. The van der Waals surface area contributed by atoms with Crippen LogP contribution in [0.5, 0.6) is 0 Å². The standard InChI is InChI=1S/C20H31BrN6/c1-6-7-12-22-19(23-13-18-26-25-15(2)27(18)5)24-14-20(3,4)16-10-8-9-11-17(16)21/h8-11H,6-7,12-14H2,1-5H3,(H2,22,23,24). The van der Waals surface area contributed by atoms with E-state index in [2.05, 4.69) is 75.7 Å². The molecule has 6 nitrogen and oxygen atoms in total. The van der Waals surface area contributed by atoms with Crippen molar-refractivity contribution in [3.05, 3.63) is 46.0 Å². The number of unbranched alkanes of at least 4 members (excludes halogenated alkanes) is 1. The van der Waals surface area contributed by atoms with Crippen molar-refractivity contribution < 1.29 is 0 Å². The van der Waals surface area contributed by atoms with Crippen molar-refractivity contribution in [1.29, 1.82) is 0 Å². The van der Waals surface area contributed by atoms with E-state index in [0.29, 0.717) is 6.54 Å². The summed E-state index contributed by atoms with van der Waals surface area (Å²) >= 11 is 3.67. The normalized spacial score (nSPS) is 12.3. The molecule has 27 heavy (non-hydrogen) atoms. The highest BCUT2D eigenvalue weighted by molar-refractivity contribution is 9.10. The van der Waals surface area contributed by atoms with Gasteiger partial charge >= 0.3 is 0 Å². The van der Waals surface area contributed by atoms with E-state index in [1.807, 2.05) is 24.6 Å². The van der Waals surface area contributed by atoms with Gasteiger partial charge in [-0.25, -0.2) is 4.99 Å². The summed E-state index contributed by atoms with van der Waals surface area (Å²) in [5, 5.41) is 15.2. The van der Waals surface area contributed by atoms with E-state index in [0.717, 1.165) is 48.0 Å². The molecule has 148 valence electrons. The molecule has 0 aliphatic rings. The molecule has 0 atom stereocenters. The molecule has 2 N–H and O–H groups in total. The van der Waals surface area contributed by atoms with Crippen LogP contribution in [0, 0.1) is 6.92 Å². The molecular weight excluding hydrogens is 404 g/mol. The predicted molar refractivity (Wildman–Crippen MR) is 115 cm³/mol. The van der Waals surface area contributed by atoms with Crippen LogP contribution in [0.3, 0.4) is 0 Å². The first-order chi connectivity index (χ1) is 12.8. The van der Waals surface area contributed by atoms with Gasteiger partial charge in [-0.1, -0.05) is 61.3 Å². The summed E-state index contributed by atoms with van der Waals surface area (Å²) in [6, 6.07) is 8.36. The molecule has 0 spiro atoms. The number of rotatable bonds is 8. The fourth-order valence-corrected chi connectivity index (χ4v) is 3.53. The maximum Gasteiger partial charge on any atom is 0.191 e. The number of nitrogens with one attached hydrogen (secondary N) is 2. The molecule has 0 bridgehead atoms. The van der Waals surface area contributed by atoms with Crippen LogP contribution >= 0.6 is 15.9 Å². The van der Waals surface area contributed by atoms with Crippen LogP contribution in [-0.2, 0) is 19.0 Å². The zero-order valence-electron chi connectivity index (χ0n) is 17.0. The summed E-state index contributed by atoms with van der Waals surface area (Å²) in [6.07, 6.45) is 2.25. The lowest BCUT2D eigenvalue weighted by Gasteiger charge is -2.28. The minimum atomic E-state index is -0.0470. The third kappa shape index (κ3) is 6.06. The summed E-state index contributed by atoms with van der Waals surface area (Å²) in [5.41, 5.74) is 1.23. The van der Waals surface area contributed by atoms with Crippen molar-refractivity contribution in [3.63, 3.8) is 0 Å². The molecular formula is C20H31BrN6. The molecule has 2 rings (SSSR count). The van der Waals surface area contributed by atoms with Crippen LogP contribution < -0.4 is 10.6 Å². The zero-order valence-corrected chi connectivity index (χ0v) is 18.6. The van der Waals surface area contributed by atoms with Gasteiger partial charge in [-0.3, -0.25) is 0 Å². The molecule has 0 amide bonds. The number of aryl methyl sites for hydroxylation is 1. The Bertz CT molecular complexity index is 766. The number of guanidine groups is 1. The summed E-state index contributed by atoms with van der Waals surface area (Å²) in [4.78, 5) is 4.72. The van der Waals surface area contributed by atoms with Gasteiger partial charge in [0.05, 0.1) is 0 Å². The molecule has 0 fully saturated rings. The van der Waals surface area contributed by atoms with Gasteiger partial charge in [-0.05, 0) is 25.0 Å². The van der Waals surface area contributed by atoms with Gasteiger partial charge in [-0.15, -0.1) is 10.2 Å². The lowest BCUT2D eigenvalue weighted by Crippen LogP contribution is -2.44. The number of halogens is 1. The maximum atomic E-state index is 4.72. The van der Waals surface area contributed by atoms with Gasteiger partial charge in [-0.2, -0.15) is 0 Å². The van der Waals surface area contributed by atoms with E-state index < -0.39 is 0 Å². The van der Waals surface area contributed by atoms with Crippen molar-refractivity contribution in [2.45, 2.75) is 52.5 Å². The molecule has 0 saturated carbocycles. The van der Waals surface area contributed by atoms with Crippen LogP contribution in [0.1, 0.15) is 50.8 Å². The smallest absolute Gasteiger partial charge is 0.191 e. The van der Waals surface area contributed by atoms with E-state index >= 15 is 0 Å². The van der Waals surface area contributed by atoms with E-state index in [1.54, 1.807) is 0 Å². The Balaban J connectivity index is 2.08. The van der Waals surface area contributed by atoms with Crippen molar-refractivity contribution >= 4 is 21.9 Å². The van der Waals surface area contributed by atoms with Crippen molar-refractivity contribution in [2.75, 3.05) is 13.1 Å². The number of nitrogens with zero attached hydrogens (tertiary/aromatic N) is 4. The first-order valence-corrected chi connectivity index (χ1v) is 10.3. The monoisotopic (exact) mass is 434 g/mol. The Hall–Kier alpha value is -1.89. The fourth-order valence-electron chi connectivity index (χ4n) is 2.71. The molecule has 1 heterocycles. The summed E-state index contributed by atoms with van der Waals surface area (Å²) in [7, 11) is 1.97. The quantitative estimate of drug-likeness (QED) is 0.377.